The van der Waals surface area contributed by atoms with E-state index in [-0.39, 0.29) is 17.6 Å². The number of nitrogens with one attached hydrogen (secondary N) is 2. The first-order chi connectivity index (χ1) is 14.5. The van der Waals surface area contributed by atoms with Gasteiger partial charge in [0.05, 0.1) is 6.04 Å². The lowest BCUT2D eigenvalue weighted by Crippen LogP contribution is -2.52. The number of amidine groups is 1. The molecule has 2 aromatic rings. The van der Waals surface area contributed by atoms with Gasteiger partial charge in [-0.15, -0.1) is 0 Å². The van der Waals surface area contributed by atoms with E-state index in [9.17, 15) is 9.59 Å². The van der Waals surface area contributed by atoms with E-state index in [2.05, 4.69) is 5.32 Å². The number of nitrogens with two attached hydrogens (primary N) is 2. The van der Waals surface area contributed by atoms with Gasteiger partial charge in [-0.2, -0.15) is 0 Å². The monoisotopic (exact) mass is 407 g/mol. The molecule has 0 aromatic heterocycles. The Labute approximate surface area is 176 Å². The molecule has 1 saturated heterocycles. The van der Waals surface area contributed by atoms with Gasteiger partial charge in [-0.3, -0.25) is 15.0 Å². The summed E-state index contributed by atoms with van der Waals surface area (Å²) >= 11 is 0. The molecule has 0 bridgehead atoms. The number of benzene rings is 2. The minimum atomic E-state index is -0.652. The van der Waals surface area contributed by atoms with Gasteiger partial charge in [-0.25, -0.2) is 0 Å². The highest BCUT2D eigenvalue weighted by atomic mass is 16.2. The molecule has 6 N–H and O–H groups in total. The van der Waals surface area contributed by atoms with E-state index in [4.69, 9.17) is 16.9 Å². The number of hydrogen-bond donors (Lipinski definition) is 4. The highest BCUT2D eigenvalue weighted by molar-refractivity contribution is 5.94. The number of nitrogens with zero attached hydrogens (tertiary/aromatic N) is 1. The molecular weight excluding hydrogens is 378 g/mol. The first kappa shape index (κ1) is 21.5. The van der Waals surface area contributed by atoms with Crippen molar-refractivity contribution >= 4 is 17.6 Å². The minimum absolute atomic E-state index is 0.0336. The number of hydrogen-bond acceptors (Lipinski definition) is 4. The summed E-state index contributed by atoms with van der Waals surface area (Å²) in [7, 11) is 0. The van der Waals surface area contributed by atoms with Crippen LogP contribution in [0.15, 0.2) is 54.6 Å². The average Bonchev–Trinajstić information content (AvgIpc) is 3.24. The fourth-order valence-electron chi connectivity index (χ4n) is 3.77. The van der Waals surface area contributed by atoms with Crippen molar-refractivity contribution in [2.75, 3.05) is 13.1 Å². The Morgan fingerprint density at radius 3 is 2.47 bits per heavy atom. The van der Waals surface area contributed by atoms with Crippen LogP contribution in [-0.2, 0) is 22.4 Å². The van der Waals surface area contributed by atoms with E-state index in [0.717, 1.165) is 17.5 Å². The number of amides is 2. The molecule has 1 aliphatic heterocycles. The normalized spacial score (nSPS) is 16.8. The summed E-state index contributed by atoms with van der Waals surface area (Å²) < 4.78 is 0. The first-order valence-electron chi connectivity index (χ1n) is 10.3. The Morgan fingerprint density at radius 1 is 1.10 bits per heavy atom. The molecule has 0 unspecified atom stereocenters. The van der Waals surface area contributed by atoms with E-state index in [1.165, 1.54) is 0 Å². The van der Waals surface area contributed by atoms with Crippen LogP contribution in [0.1, 0.15) is 29.5 Å². The van der Waals surface area contributed by atoms with Gasteiger partial charge in [-0.1, -0.05) is 54.6 Å². The summed E-state index contributed by atoms with van der Waals surface area (Å²) in [6, 6.07) is 16.0. The highest BCUT2D eigenvalue weighted by Crippen LogP contribution is 2.19. The van der Waals surface area contributed by atoms with Crippen LogP contribution in [0.3, 0.4) is 0 Å². The number of rotatable bonds is 8. The zero-order valence-electron chi connectivity index (χ0n) is 17.0. The second kappa shape index (κ2) is 10.0. The van der Waals surface area contributed by atoms with Gasteiger partial charge in [0.1, 0.15) is 11.9 Å². The van der Waals surface area contributed by atoms with Crippen molar-refractivity contribution in [3.8, 4) is 0 Å². The summed E-state index contributed by atoms with van der Waals surface area (Å²) in [5.41, 5.74) is 14.3. The molecule has 0 radical (unpaired) electrons. The van der Waals surface area contributed by atoms with Crippen LogP contribution in [-0.4, -0.2) is 47.7 Å². The second-order valence-corrected chi connectivity index (χ2v) is 7.64. The molecule has 2 aromatic carbocycles. The Morgan fingerprint density at radius 2 is 1.80 bits per heavy atom. The predicted octanol–water partition coefficient (Wildman–Crippen LogP) is 1.19. The van der Waals surface area contributed by atoms with Crippen molar-refractivity contribution in [3.05, 3.63) is 71.3 Å². The molecule has 0 saturated carbocycles. The maximum Gasteiger partial charge on any atom is 0.242 e. The highest BCUT2D eigenvalue weighted by Gasteiger charge is 2.35. The molecule has 2 atom stereocenters. The molecule has 1 heterocycles. The molecule has 7 nitrogen and oxygen atoms in total. The summed E-state index contributed by atoms with van der Waals surface area (Å²) in [4.78, 5) is 27.2. The van der Waals surface area contributed by atoms with Gasteiger partial charge < -0.3 is 21.7 Å². The SMILES string of the molecule is N=C(N)c1ccc(CCNC(=O)[C@@H]2CCCN2C(=O)[C@H](N)Cc2ccccc2)cc1. The van der Waals surface area contributed by atoms with Gasteiger partial charge in [0.2, 0.25) is 11.8 Å². The molecule has 2 amide bonds. The molecule has 7 heteroatoms. The second-order valence-electron chi connectivity index (χ2n) is 7.64. The van der Waals surface area contributed by atoms with Crippen molar-refractivity contribution in [1.29, 1.82) is 5.41 Å². The van der Waals surface area contributed by atoms with E-state index in [0.29, 0.717) is 37.9 Å². The number of carbonyl (C=O) groups is 2. The third kappa shape index (κ3) is 5.45. The fourth-order valence-corrected chi connectivity index (χ4v) is 3.77. The number of likely N-dealkylation sites (tertiary alicyclic amines) is 1. The van der Waals surface area contributed by atoms with Crippen LogP contribution < -0.4 is 16.8 Å². The van der Waals surface area contributed by atoms with Gasteiger partial charge >= 0.3 is 0 Å². The number of nitrogen functional groups attached to an aromatic ring is 1. The third-order valence-corrected chi connectivity index (χ3v) is 5.43. The van der Waals surface area contributed by atoms with E-state index >= 15 is 0 Å². The Hall–Kier alpha value is -3.19. The van der Waals surface area contributed by atoms with E-state index in [1.807, 2.05) is 42.5 Å². The molecule has 1 aliphatic rings. The summed E-state index contributed by atoms with van der Waals surface area (Å²) in [6.45, 7) is 1.04. The van der Waals surface area contributed by atoms with Crippen LogP contribution in [0.5, 0.6) is 0 Å². The molecule has 0 aliphatic carbocycles. The van der Waals surface area contributed by atoms with Crippen LogP contribution in [0.4, 0.5) is 0 Å². The molecule has 30 heavy (non-hydrogen) atoms. The van der Waals surface area contributed by atoms with Crippen LogP contribution in [0, 0.1) is 5.41 Å². The van der Waals surface area contributed by atoms with Crippen molar-refractivity contribution in [3.63, 3.8) is 0 Å². The Kier molecular flexibility index (Phi) is 7.19. The average molecular weight is 408 g/mol. The summed E-state index contributed by atoms with van der Waals surface area (Å²) in [6.07, 6.45) is 2.58. The molecule has 0 spiro atoms. The topological polar surface area (TPSA) is 125 Å². The van der Waals surface area contributed by atoms with Gasteiger partial charge in [0.25, 0.3) is 0 Å². The zero-order chi connectivity index (χ0) is 21.5. The maximum atomic E-state index is 12.8. The quantitative estimate of drug-likeness (QED) is 0.387. The summed E-state index contributed by atoms with van der Waals surface area (Å²) in [5, 5.41) is 10.4. The lowest BCUT2D eigenvalue weighted by molar-refractivity contribution is -0.139. The van der Waals surface area contributed by atoms with Gasteiger partial charge in [0, 0.05) is 18.7 Å². The van der Waals surface area contributed by atoms with Crippen molar-refractivity contribution < 1.29 is 9.59 Å². The predicted molar refractivity (Wildman–Crippen MR) is 117 cm³/mol. The molecular formula is C23H29N5O2. The van der Waals surface area contributed by atoms with Crippen LogP contribution in [0.25, 0.3) is 0 Å². The minimum Gasteiger partial charge on any atom is -0.384 e. The third-order valence-electron chi connectivity index (χ3n) is 5.43. The largest absolute Gasteiger partial charge is 0.384 e. The number of carbonyl (C=O) groups excluding carboxylic acids is 2. The lowest BCUT2D eigenvalue weighted by atomic mass is 10.1. The molecule has 3 rings (SSSR count). The molecule has 1 fully saturated rings. The van der Waals surface area contributed by atoms with E-state index in [1.54, 1.807) is 17.0 Å². The van der Waals surface area contributed by atoms with Crippen molar-refractivity contribution in [2.24, 2.45) is 11.5 Å². The first-order valence-corrected chi connectivity index (χ1v) is 10.3. The van der Waals surface area contributed by atoms with Gasteiger partial charge in [-0.05, 0) is 36.8 Å². The van der Waals surface area contributed by atoms with E-state index < -0.39 is 12.1 Å². The lowest BCUT2D eigenvalue weighted by Gasteiger charge is -2.26. The summed E-state index contributed by atoms with van der Waals surface area (Å²) in [5.74, 6) is -0.268. The maximum absolute atomic E-state index is 12.8. The smallest absolute Gasteiger partial charge is 0.242 e. The van der Waals surface area contributed by atoms with Crippen LogP contribution >= 0.6 is 0 Å². The van der Waals surface area contributed by atoms with Crippen molar-refractivity contribution in [2.45, 2.75) is 37.8 Å². The Bertz CT molecular complexity index is 882. The Balaban J connectivity index is 1.50. The standard InChI is InChI=1S/C23H29N5O2/c24-19(15-17-5-2-1-3-6-17)23(30)28-14-4-7-20(28)22(29)27-13-12-16-8-10-18(11-9-16)21(25)26/h1-3,5-6,8-11,19-20H,4,7,12-15,24H2,(H3,25,26)(H,27,29)/t19-,20+/m1/s1. The van der Waals surface area contributed by atoms with Gasteiger partial charge in [0.15, 0.2) is 0 Å². The fraction of sp³-hybridized carbons (Fsp3) is 0.348. The zero-order valence-corrected chi connectivity index (χ0v) is 17.0. The molecule has 158 valence electrons. The van der Waals surface area contributed by atoms with Crippen molar-refractivity contribution in [1.82, 2.24) is 10.2 Å². The van der Waals surface area contributed by atoms with Crippen LogP contribution in [0.2, 0.25) is 0 Å².